The fourth-order valence-corrected chi connectivity index (χ4v) is 4.46. The number of rotatable bonds is 4. The van der Waals surface area contributed by atoms with Crippen LogP contribution in [-0.4, -0.2) is 49.9 Å². The van der Waals surface area contributed by atoms with E-state index in [0.717, 1.165) is 10.2 Å². The second-order valence-electron chi connectivity index (χ2n) is 5.38. The number of anilines is 1. The van der Waals surface area contributed by atoms with Crippen LogP contribution in [0, 0.1) is 0 Å². The van der Waals surface area contributed by atoms with Crippen LogP contribution in [0.3, 0.4) is 0 Å². The Bertz CT molecular complexity index is 616. The smallest absolute Gasteiger partial charge is 0.244 e. The molecule has 0 bridgehead atoms. The second-order valence-corrected chi connectivity index (χ2v) is 8.52. The van der Waals surface area contributed by atoms with E-state index >= 15 is 0 Å². The summed E-state index contributed by atoms with van der Waals surface area (Å²) in [5.41, 5.74) is 0.853. The van der Waals surface area contributed by atoms with Crippen LogP contribution in [-0.2, 0) is 14.6 Å². The minimum atomic E-state index is -2.98. The molecule has 1 aliphatic heterocycles. The van der Waals surface area contributed by atoms with Crippen molar-refractivity contribution in [3.8, 4) is 0 Å². The van der Waals surface area contributed by atoms with Crippen molar-refractivity contribution in [1.29, 1.82) is 0 Å². The maximum Gasteiger partial charge on any atom is 0.244 e. The Morgan fingerprint density at radius 2 is 2.00 bits per heavy atom. The molecular weight excluding hydrogens is 356 g/mol. The quantitative estimate of drug-likeness (QED) is 0.873. The van der Waals surface area contributed by atoms with Crippen molar-refractivity contribution >= 4 is 37.4 Å². The maximum absolute atomic E-state index is 12.4. The second kappa shape index (κ2) is 6.36. The van der Waals surface area contributed by atoms with Crippen molar-refractivity contribution in [2.45, 2.75) is 25.4 Å². The minimum Gasteiger partial charge on any atom is -0.374 e. The van der Waals surface area contributed by atoms with Gasteiger partial charge in [0, 0.05) is 23.2 Å². The van der Waals surface area contributed by atoms with Gasteiger partial charge in [-0.2, -0.15) is 0 Å². The Labute approximate surface area is 133 Å². The number of benzene rings is 1. The number of carbonyl (C=O) groups is 1. The minimum absolute atomic E-state index is 0.0697. The molecule has 1 aliphatic rings. The number of nitrogens with zero attached hydrogens (tertiary/aromatic N) is 1. The number of amides is 1. The van der Waals surface area contributed by atoms with E-state index in [-0.39, 0.29) is 23.5 Å². The van der Waals surface area contributed by atoms with E-state index in [0.29, 0.717) is 6.42 Å². The third kappa shape index (κ3) is 4.20. The van der Waals surface area contributed by atoms with Gasteiger partial charge < -0.3 is 10.2 Å². The molecule has 1 amide bonds. The molecule has 116 valence electrons. The van der Waals surface area contributed by atoms with E-state index in [1.54, 1.807) is 18.9 Å². The lowest BCUT2D eigenvalue weighted by Gasteiger charge is -2.27. The third-order valence-corrected chi connectivity index (χ3v) is 5.98. The largest absolute Gasteiger partial charge is 0.374 e. The molecule has 7 heteroatoms. The third-order valence-electron chi connectivity index (χ3n) is 3.70. The fourth-order valence-electron chi connectivity index (χ4n) is 2.42. The highest BCUT2D eigenvalue weighted by Gasteiger charge is 2.33. The monoisotopic (exact) mass is 374 g/mol. The lowest BCUT2D eigenvalue weighted by Crippen LogP contribution is -2.45. The van der Waals surface area contributed by atoms with Crippen LogP contribution in [0.15, 0.2) is 28.7 Å². The average molecular weight is 375 g/mol. The van der Waals surface area contributed by atoms with Crippen LogP contribution < -0.4 is 5.32 Å². The normalized spacial score (nSPS) is 21.8. The molecular formula is C14H19BrN2O3S. The summed E-state index contributed by atoms with van der Waals surface area (Å²) in [5, 5.41) is 3.13. The molecule has 1 aromatic rings. The van der Waals surface area contributed by atoms with Crippen LogP contribution in [0.4, 0.5) is 5.69 Å². The van der Waals surface area contributed by atoms with Crippen molar-refractivity contribution in [2.24, 2.45) is 0 Å². The van der Waals surface area contributed by atoms with Gasteiger partial charge in [0.25, 0.3) is 0 Å². The number of sulfone groups is 1. The van der Waals surface area contributed by atoms with Gasteiger partial charge in [-0.3, -0.25) is 4.79 Å². The van der Waals surface area contributed by atoms with E-state index in [1.165, 1.54) is 0 Å². The van der Waals surface area contributed by atoms with Crippen molar-refractivity contribution in [2.75, 3.05) is 23.9 Å². The van der Waals surface area contributed by atoms with Gasteiger partial charge in [0.15, 0.2) is 9.84 Å². The molecule has 21 heavy (non-hydrogen) atoms. The Morgan fingerprint density at radius 3 is 2.52 bits per heavy atom. The topological polar surface area (TPSA) is 66.5 Å². The Morgan fingerprint density at radius 1 is 1.38 bits per heavy atom. The number of halogens is 1. The first kappa shape index (κ1) is 16.3. The fraction of sp³-hybridized carbons (Fsp3) is 0.500. The first-order chi connectivity index (χ1) is 9.78. The number of nitrogens with one attached hydrogen (secondary N) is 1. The van der Waals surface area contributed by atoms with Crippen LogP contribution in [0.5, 0.6) is 0 Å². The van der Waals surface area contributed by atoms with Crippen LogP contribution >= 0.6 is 15.9 Å². The first-order valence-corrected chi connectivity index (χ1v) is 9.39. The summed E-state index contributed by atoms with van der Waals surface area (Å²) in [6, 6.07) is 6.94. The predicted octanol–water partition coefficient (Wildman–Crippen LogP) is 1.89. The molecule has 5 nitrogen and oxygen atoms in total. The van der Waals surface area contributed by atoms with Crippen LogP contribution in [0.25, 0.3) is 0 Å². The van der Waals surface area contributed by atoms with E-state index in [1.807, 2.05) is 24.3 Å². The van der Waals surface area contributed by atoms with Crippen LogP contribution in [0.2, 0.25) is 0 Å². The standard InChI is InChI=1S/C14H19BrN2O3S/c1-10(16-12-5-3-11(15)4-6-12)14(18)17(2)13-7-8-21(19,20)9-13/h3-6,10,13,16H,7-9H2,1-2H3/t10-,13+/m0/s1. The van der Waals surface area contributed by atoms with Crippen molar-refractivity contribution in [3.63, 3.8) is 0 Å². The summed E-state index contributed by atoms with van der Waals surface area (Å²) in [5.74, 6) is 0.143. The first-order valence-electron chi connectivity index (χ1n) is 6.78. The molecule has 1 aromatic carbocycles. The highest BCUT2D eigenvalue weighted by Crippen LogP contribution is 2.19. The molecule has 0 saturated carbocycles. The molecule has 0 aromatic heterocycles. The Kier molecular flexibility index (Phi) is 4.93. The van der Waals surface area contributed by atoms with Crippen molar-refractivity contribution in [1.82, 2.24) is 4.90 Å². The lowest BCUT2D eigenvalue weighted by atomic mass is 10.2. The number of hydrogen-bond acceptors (Lipinski definition) is 4. The van der Waals surface area contributed by atoms with Gasteiger partial charge in [-0.15, -0.1) is 0 Å². The highest BCUT2D eigenvalue weighted by molar-refractivity contribution is 9.10. The van der Waals surface area contributed by atoms with Gasteiger partial charge in [-0.05, 0) is 37.6 Å². The van der Waals surface area contributed by atoms with Crippen LogP contribution in [0.1, 0.15) is 13.3 Å². The van der Waals surface area contributed by atoms with E-state index in [4.69, 9.17) is 0 Å². The summed E-state index contributed by atoms with van der Waals surface area (Å²) in [7, 11) is -1.31. The van der Waals surface area contributed by atoms with Gasteiger partial charge in [0.1, 0.15) is 6.04 Å². The molecule has 0 spiro atoms. The Hall–Kier alpha value is -1.08. The predicted molar refractivity (Wildman–Crippen MR) is 87.1 cm³/mol. The number of carbonyl (C=O) groups excluding carboxylic acids is 1. The lowest BCUT2D eigenvalue weighted by molar-refractivity contribution is -0.132. The Balaban J connectivity index is 1.97. The van der Waals surface area contributed by atoms with E-state index < -0.39 is 15.9 Å². The average Bonchev–Trinajstić information content (AvgIpc) is 2.80. The summed E-state index contributed by atoms with van der Waals surface area (Å²) in [4.78, 5) is 13.9. The summed E-state index contributed by atoms with van der Waals surface area (Å²) in [6.45, 7) is 1.78. The van der Waals surface area contributed by atoms with E-state index in [2.05, 4.69) is 21.2 Å². The van der Waals surface area contributed by atoms with Gasteiger partial charge in [-0.25, -0.2) is 8.42 Å². The highest BCUT2D eigenvalue weighted by atomic mass is 79.9. The number of hydrogen-bond donors (Lipinski definition) is 1. The summed E-state index contributed by atoms with van der Waals surface area (Å²) < 4.78 is 24.0. The molecule has 1 N–H and O–H groups in total. The molecule has 0 radical (unpaired) electrons. The zero-order valence-electron chi connectivity index (χ0n) is 12.0. The molecule has 0 unspecified atom stereocenters. The number of likely N-dealkylation sites (N-methyl/N-ethyl adjacent to an activating group) is 1. The molecule has 2 atom stereocenters. The van der Waals surface area contributed by atoms with Gasteiger partial charge >= 0.3 is 0 Å². The van der Waals surface area contributed by atoms with Gasteiger partial charge in [0.2, 0.25) is 5.91 Å². The molecule has 1 saturated heterocycles. The zero-order valence-corrected chi connectivity index (χ0v) is 14.4. The molecule has 0 aliphatic carbocycles. The molecule has 1 heterocycles. The van der Waals surface area contributed by atoms with Crippen molar-refractivity contribution < 1.29 is 13.2 Å². The summed E-state index contributed by atoms with van der Waals surface area (Å²) in [6.07, 6.45) is 0.523. The van der Waals surface area contributed by atoms with E-state index in [9.17, 15) is 13.2 Å². The zero-order chi connectivity index (χ0) is 15.6. The molecule has 2 rings (SSSR count). The van der Waals surface area contributed by atoms with Crippen molar-refractivity contribution in [3.05, 3.63) is 28.7 Å². The molecule has 1 fully saturated rings. The maximum atomic E-state index is 12.4. The van der Waals surface area contributed by atoms with Gasteiger partial charge in [0.05, 0.1) is 11.5 Å². The SMILES string of the molecule is C[C@H](Nc1ccc(Br)cc1)C(=O)N(C)[C@@H]1CCS(=O)(=O)C1. The van der Waals surface area contributed by atoms with Gasteiger partial charge in [-0.1, -0.05) is 15.9 Å². The summed E-state index contributed by atoms with van der Waals surface area (Å²) >= 11 is 3.36.